The number of hydrogen-bond acceptors (Lipinski definition) is 3. The standard InChI is InChI=1S/C11H13NO2/c1-8(7-12)14-11-5-3-10(4-6-11)9(2)13/h3-6,8-9,13H,1-2H3. The van der Waals surface area contributed by atoms with Crippen LogP contribution in [0.15, 0.2) is 24.3 Å². The van der Waals surface area contributed by atoms with Crippen molar-refractivity contribution in [2.45, 2.75) is 26.1 Å². The molecule has 0 saturated heterocycles. The molecule has 1 aromatic carbocycles. The Bertz CT molecular complexity index is 324. The van der Waals surface area contributed by atoms with Crippen molar-refractivity contribution in [1.29, 1.82) is 5.26 Å². The smallest absolute Gasteiger partial charge is 0.181 e. The maximum Gasteiger partial charge on any atom is 0.181 e. The molecule has 0 spiro atoms. The summed E-state index contributed by atoms with van der Waals surface area (Å²) in [6, 6.07) is 9.03. The zero-order chi connectivity index (χ0) is 10.6. The Morgan fingerprint density at radius 3 is 2.29 bits per heavy atom. The molecule has 1 N–H and O–H groups in total. The van der Waals surface area contributed by atoms with Gasteiger partial charge in [0, 0.05) is 0 Å². The lowest BCUT2D eigenvalue weighted by molar-refractivity contribution is 0.199. The summed E-state index contributed by atoms with van der Waals surface area (Å²) in [6.45, 7) is 3.39. The highest BCUT2D eigenvalue weighted by molar-refractivity contribution is 5.28. The fourth-order valence-corrected chi connectivity index (χ4v) is 1.06. The van der Waals surface area contributed by atoms with Gasteiger partial charge in [0.1, 0.15) is 11.8 Å². The third kappa shape index (κ3) is 2.75. The van der Waals surface area contributed by atoms with E-state index in [2.05, 4.69) is 0 Å². The first-order valence-electron chi connectivity index (χ1n) is 4.48. The molecule has 2 atom stereocenters. The lowest BCUT2D eigenvalue weighted by atomic mass is 10.1. The average molecular weight is 191 g/mol. The van der Waals surface area contributed by atoms with Crippen LogP contribution < -0.4 is 4.74 Å². The van der Waals surface area contributed by atoms with Crippen LogP contribution >= 0.6 is 0 Å². The van der Waals surface area contributed by atoms with Crippen molar-refractivity contribution in [2.24, 2.45) is 0 Å². The van der Waals surface area contributed by atoms with Gasteiger partial charge in [-0.3, -0.25) is 0 Å². The molecule has 74 valence electrons. The molecule has 0 heterocycles. The summed E-state index contributed by atoms with van der Waals surface area (Å²) >= 11 is 0. The zero-order valence-corrected chi connectivity index (χ0v) is 8.27. The van der Waals surface area contributed by atoms with Gasteiger partial charge in [0.15, 0.2) is 6.10 Å². The first kappa shape index (κ1) is 10.6. The highest BCUT2D eigenvalue weighted by Crippen LogP contribution is 2.17. The molecule has 0 aliphatic rings. The Hall–Kier alpha value is -1.53. The monoisotopic (exact) mass is 191 g/mol. The third-order valence-corrected chi connectivity index (χ3v) is 1.86. The molecular formula is C11H13NO2. The summed E-state index contributed by atoms with van der Waals surface area (Å²) in [4.78, 5) is 0. The molecule has 0 fully saturated rings. The van der Waals surface area contributed by atoms with Crippen molar-refractivity contribution in [2.75, 3.05) is 0 Å². The largest absolute Gasteiger partial charge is 0.476 e. The van der Waals surface area contributed by atoms with Crippen molar-refractivity contribution < 1.29 is 9.84 Å². The number of hydrogen-bond donors (Lipinski definition) is 1. The minimum Gasteiger partial charge on any atom is -0.476 e. The molecule has 1 rings (SSSR count). The molecule has 14 heavy (non-hydrogen) atoms. The highest BCUT2D eigenvalue weighted by atomic mass is 16.5. The number of rotatable bonds is 3. The number of ether oxygens (including phenoxy) is 1. The minimum absolute atomic E-state index is 0.451. The molecule has 0 aliphatic carbocycles. The topological polar surface area (TPSA) is 53.2 Å². The Morgan fingerprint density at radius 1 is 1.29 bits per heavy atom. The third-order valence-electron chi connectivity index (χ3n) is 1.86. The molecule has 1 aromatic rings. The van der Waals surface area contributed by atoms with Crippen LogP contribution in [0.5, 0.6) is 5.75 Å². The second kappa shape index (κ2) is 4.64. The van der Waals surface area contributed by atoms with E-state index in [4.69, 9.17) is 10.00 Å². The van der Waals surface area contributed by atoms with Gasteiger partial charge in [-0.05, 0) is 31.5 Å². The van der Waals surface area contributed by atoms with Crippen LogP contribution in [0, 0.1) is 11.3 Å². The normalized spacial score (nSPS) is 14.1. The fourth-order valence-electron chi connectivity index (χ4n) is 1.06. The zero-order valence-electron chi connectivity index (χ0n) is 8.27. The number of benzene rings is 1. The van der Waals surface area contributed by atoms with Crippen molar-refractivity contribution in [3.63, 3.8) is 0 Å². The van der Waals surface area contributed by atoms with Crippen molar-refractivity contribution >= 4 is 0 Å². The van der Waals surface area contributed by atoms with Crippen molar-refractivity contribution in [1.82, 2.24) is 0 Å². The number of aliphatic hydroxyl groups excluding tert-OH is 1. The van der Waals surface area contributed by atoms with Crippen LogP contribution in [0.25, 0.3) is 0 Å². The number of nitrogens with zero attached hydrogens (tertiary/aromatic N) is 1. The van der Waals surface area contributed by atoms with Gasteiger partial charge < -0.3 is 9.84 Å². The summed E-state index contributed by atoms with van der Waals surface area (Å²) in [6.07, 6.45) is -0.926. The second-order valence-corrected chi connectivity index (χ2v) is 3.13. The van der Waals surface area contributed by atoms with Crippen LogP contribution in [-0.4, -0.2) is 11.2 Å². The fraction of sp³-hybridized carbons (Fsp3) is 0.364. The van der Waals surface area contributed by atoms with E-state index in [-0.39, 0.29) is 0 Å². The number of nitriles is 1. The Balaban J connectivity index is 2.70. The maximum atomic E-state index is 9.25. The predicted molar refractivity (Wildman–Crippen MR) is 52.8 cm³/mol. The summed E-state index contributed by atoms with van der Waals surface area (Å²) < 4.78 is 5.26. The van der Waals surface area contributed by atoms with E-state index in [1.807, 2.05) is 6.07 Å². The first-order chi connectivity index (χ1) is 6.63. The van der Waals surface area contributed by atoms with E-state index in [1.54, 1.807) is 38.1 Å². The first-order valence-corrected chi connectivity index (χ1v) is 4.48. The van der Waals surface area contributed by atoms with Crippen molar-refractivity contribution in [3.05, 3.63) is 29.8 Å². The van der Waals surface area contributed by atoms with Gasteiger partial charge in [0.05, 0.1) is 6.10 Å². The minimum atomic E-state index is -0.475. The molecule has 0 bridgehead atoms. The Labute approximate surface area is 83.6 Å². The molecule has 2 unspecified atom stereocenters. The Morgan fingerprint density at radius 2 is 1.86 bits per heavy atom. The van der Waals surface area contributed by atoms with Gasteiger partial charge >= 0.3 is 0 Å². The summed E-state index contributed by atoms with van der Waals surface area (Å²) in [7, 11) is 0. The van der Waals surface area contributed by atoms with E-state index >= 15 is 0 Å². The highest BCUT2D eigenvalue weighted by Gasteiger charge is 2.03. The van der Waals surface area contributed by atoms with E-state index in [1.165, 1.54) is 0 Å². The van der Waals surface area contributed by atoms with Crippen molar-refractivity contribution in [3.8, 4) is 11.8 Å². The van der Waals surface area contributed by atoms with Crippen LogP contribution in [0.3, 0.4) is 0 Å². The molecule has 0 amide bonds. The van der Waals surface area contributed by atoms with Crippen LogP contribution in [0.1, 0.15) is 25.5 Å². The van der Waals surface area contributed by atoms with Gasteiger partial charge in [0.25, 0.3) is 0 Å². The van der Waals surface area contributed by atoms with Crippen LogP contribution in [0.2, 0.25) is 0 Å². The lowest BCUT2D eigenvalue weighted by Crippen LogP contribution is -2.07. The molecule has 3 nitrogen and oxygen atoms in total. The quantitative estimate of drug-likeness (QED) is 0.795. The molecule has 0 aromatic heterocycles. The van der Waals surface area contributed by atoms with Gasteiger partial charge in [0.2, 0.25) is 0 Å². The SMILES string of the molecule is CC(C#N)Oc1ccc(C(C)O)cc1. The molecule has 3 heteroatoms. The number of aliphatic hydroxyl groups is 1. The molecular weight excluding hydrogens is 178 g/mol. The molecule has 0 saturated carbocycles. The summed E-state index contributed by atoms with van der Waals surface area (Å²) in [5.41, 5.74) is 0.835. The van der Waals surface area contributed by atoms with E-state index in [0.29, 0.717) is 5.75 Å². The van der Waals surface area contributed by atoms with Gasteiger partial charge in [-0.2, -0.15) is 5.26 Å². The summed E-state index contributed by atoms with van der Waals surface area (Å²) in [5, 5.41) is 17.8. The average Bonchev–Trinajstić information content (AvgIpc) is 2.18. The summed E-state index contributed by atoms with van der Waals surface area (Å²) in [5.74, 6) is 0.642. The van der Waals surface area contributed by atoms with Crippen LogP contribution in [-0.2, 0) is 0 Å². The lowest BCUT2D eigenvalue weighted by Gasteiger charge is -2.09. The van der Waals surface area contributed by atoms with Crippen LogP contribution in [0.4, 0.5) is 0 Å². The van der Waals surface area contributed by atoms with Gasteiger partial charge in [-0.15, -0.1) is 0 Å². The van der Waals surface area contributed by atoms with E-state index < -0.39 is 12.2 Å². The molecule has 0 aliphatic heterocycles. The van der Waals surface area contributed by atoms with E-state index in [0.717, 1.165) is 5.56 Å². The van der Waals surface area contributed by atoms with Gasteiger partial charge in [-0.1, -0.05) is 12.1 Å². The maximum absolute atomic E-state index is 9.25. The predicted octanol–water partition coefficient (Wildman–Crippen LogP) is 2.03. The van der Waals surface area contributed by atoms with E-state index in [9.17, 15) is 5.11 Å². The second-order valence-electron chi connectivity index (χ2n) is 3.13. The Kier molecular flexibility index (Phi) is 3.49. The molecule has 0 radical (unpaired) electrons. The van der Waals surface area contributed by atoms with Gasteiger partial charge in [-0.25, -0.2) is 0 Å².